The van der Waals surface area contributed by atoms with E-state index in [1.165, 1.54) is 12.0 Å². The van der Waals surface area contributed by atoms with Crippen molar-refractivity contribution in [1.82, 2.24) is 0 Å². The number of rotatable bonds is 5. The van der Waals surface area contributed by atoms with Gasteiger partial charge in [0.25, 0.3) is 0 Å². The molecule has 1 amide bonds. The van der Waals surface area contributed by atoms with E-state index in [1.54, 1.807) is 7.05 Å². The molecule has 7 nitrogen and oxygen atoms in total. The van der Waals surface area contributed by atoms with E-state index in [2.05, 4.69) is 24.3 Å². The number of benzene rings is 3. The maximum atomic E-state index is 13.6. The Morgan fingerprint density at radius 3 is 1.88 bits per heavy atom. The molecule has 2 aliphatic rings. The molecular formula is C33H38BNO6. The lowest BCUT2D eigenvalue weighted by molar-refractivity contribution is 0.00578. The van der Waals surface area contributed by atoms with Crippen molar-refractivity contribution in [2.75, 3.05) is 25.7 Å². The average molecular weight is 555 g/mol. The summed E-state index contributed by atoms with van der Waals surface area (Å²) >= 11 is 0. The maximum absolute atomic E-state index is 13.6. The molecular weight excluding hydrogens is 517 g/mol. The van der Waals surface area contributed by atoms with Crippen molar-refractivity contribution in [3.8, 4) is 11.1 Å². The van der Waals surface area contributed by atoms with E-state index in [9.17, 15) is 9.59 Å². The second kappa shape index (κ2) is 10.3. The van der Waals surface area contributed by atoms with Crippen LogP contribution < -0.4 is 10.4 Å². The number of hydrogen-bond donors (Lipinski definition) is 0. The van der Waals surface area contributed by atoms with Gasteiger partial charge in [0.15, 0.2) is 0 Å². The molecule has 1 heterocycles. The first kappa shape index (κ1) is 28.9. The molecule has 0 bridgehead atoms. The molecule has 5 rings (SSSR count). The van der Waals surface area contributed by atoms with E-state index in [0.29, 0.717) is 27.8 Å². The Labute approximate surface area is 242 Å². The van der Waals surface area contributed by atoms with Crippen LogP contribution in [0.3, 0.4) is 0 Å². The monoisotopic (exact) mass is 555 g/mol. The van der Waals surface area contributed by atoms with Crippen molar-refractivity contribution in [3.05, 3.63) is 81.9 Å². The van der Waals surface area contributed by atoms with E-state index in [-0.39, 0.29) is 12.5 Å². The Hall–Kier alpha value is -3.62. The van der Waals surface area contributed by atoms with E-state index >= 15 is 0 Å². The summed E-state index contributed by atoms with van der Waals surface area (Å²) in [6.07, 6.45) is -0.516. The van der Waals surface area contributed by atoms with Crippen LogP contribution in [-0.4, -0.2) is 51.1 Å². The van der Waals surface area contributed by atoms with Crippen LogP contribution in [0.15, 0.2) is 48.5 Å². The normalized spacial score (nSPS) is 16.8. The number of esters is 1. The highest BCUT2D eigenvalue weighted by atomic mass is 16.7. The van der Waals surface area contributed by atoms with Crippen LogP contribution in [-0.2, 0) is 18.8 Å². The van der Waals surface area contributed by atoms with Crippen molar-refractivity contribution in [2.24, 2.45) is 0 Å². The molecule has 1 aliphatic carbocycles. The van der Waals surface area contributed by atoms with Gasteiger partial charge in [-0.15, -0.1) is 0 Å². The third-order valence-electron chi connectivity index (χ3n) is 9.09. The van der Waals surface area contributed by atoms with Gasteiger partial charge in [0, 0.05) is 13.0 Å². The van der Waals surface area contributed by atoms with Crippen LogP contribution in [0.1, 0.15) is 71.8 Å². The SMILES string of the molecule is COC(=O)c1c(C)c(B2OC(C)(C)C(C)(C)O2)c(C)c(N(C)C(=O)OCC2c3ccccc3-c3ccccc32)c1C. The maximum Gasteiger partial charge on any atom is 0.495 e. The zero-order valence-corrected chi connectivity index (χ0v) is 25.4. The van der Waals surface area contributed by atoms with Crippen LogP contribution in [0, 0.1) is 20.8 Å². The van der Waals surface area contributed by atoms with Gasteiger partial charge in [-0.25, -0.2) is 9.59 Å². The number of nitrogens with zero attached hydrogens (tertiary/aromatic N) is 1. The Morgan fingerprint density at radius 1 is 0.854 bits per heavy atom. The average Bonchev–Trinajstić information content (AvgIpc) is 3.35. The van der Waals surface area contributed by atoms with Gasteiger partial charge >= 0.3 is 19.2 Å². The van der Waals surface area contributed by atoms with Gasteiger partial charge in [0.1, 0.15) is 6.61 Å². The third kappa shape index (κ3) is 4.63. The van der Waals surface area contributed by atoms with Gasteiger partial charge in [-0.05, 0) is 92.9 Å². The lowest BCUT2D eigenvalue weighted by Gasteiger charge is -2.32. The zero-order valence-electron chi connectivity index (χ0n) is 25.4. The minimum absolute atomic E-state index is 0.0640. The molecule has 41 heavy (non-hydrogen) atoms. The van der Waals surface area contributed by atoms with Gasteiger partial charge in [-0.1, -0.05) is 48.5 Å². The minimum Gasteiger partial charge on any atom is -0.465 e. The number of carbonyl (C=O) groups is 2. The summed E-state index contributed by atoms with van der Waals surface area (Å²) in [7, 11) is 2.29. The number of methoxy groups -OCH3 is 1. The second-order valence-corrected chi connectivity index (χ2v) is 12.0. The molecule has 0 spiro atoms. The van der Waals surface area contributed by atoms with Crippen molar-refractivity contribution in [2.45, 2.75) is 65.6 Å². The Balaban J connectivity index is 1.50. The Kier molecular flexibility index (Phi) is 7.29. The van der Waals surface area contributed by atoms with Gasteiger partial charge in [0.05, 0.1) is 29.6 Å². The van der Waals surface area contributed by atoms with Crippen LogP contribution in [0.5, 0.6) is 0 Å². The standard InChI is InChI=1S/C33H38BNO6/c1-19-27(30(36)38-9)20(2)29(21(3)28(19)34-40-32(4,5)33(6,7)41-34)35(8)31(37)39-18-26-24-16-12-10-14-22(24)23-15-11-13-17-25(23)26/h10-17,26H,18H2,1-9H3. The number of anilines is 1. The van der Waals surface area contributed by atoms with Gasteiger partial charge in [-0.2, -0.15) is 0 Å². The van der Waals surface area contributed by atoms with Crippen molar-refractivity contribution < 1.29 is 28.4 Å². The highest BCUT2D eigenvalue weighted by Gasteiger charge is 2.53. The number of amides is 1. The van der Waals surface area contributed by atoms with Crippen LogP contribution in [0.2, 0.25) is 0 Å². The van der Waals surface area contributed by atoms with E-state index in [4.69, 9.17) is 18.8 Å². The molecule has 3 aromatic rings. The van der Waals surface area contributed by atoms with Crippen LogP contribution in [0.25, 0.3) is 11.1 Å². The summed E-state index contributed by atoms with van der Waals surface area (Å²) in [5.41, 5.74) is 7.23. The Morgan fingerprint density at radius 2 is 1.37 bits per heavy atom. The molecule has 0 aromatic heterocycles. The van der Waals surface area contributed by atoms with E-state index in [1.807, 2.05) is 72.7 Å². The molecule has 1 saturated heterocycles. The first-order valence-electron chi connectivity index (χ1n) is 14.0. The third-order valence-corrected chi connectivity index (χ3v) is 9.09. The summed E-state index contributed by atoms with van der Waals surface area (Å²) in [4.78, 5) is 28.1. The minimum atomic E-state index is -0.723. The second-order valence-electron chi connectivity index (χ2n) is 12.0. The molecule has 1 fully saturated rings. The number of fused-ring (bicyclic) bond motifs is 3. The summed E-state index contributed by atoms with van der Waals surface area (Å²) < 4.78 is 23.9. The van der Waals surface area contributed by atoms with Crippen molar-refractivity contribution in [3.63, 3.8) is 0 Å². The van der Waals surface area contributed by atoms with Gasteiger partial charge < -0.3 is 18.8 Å². The molecule has 0 N–H and O–H groups in total. The van der Waals surface area contributed by atoms with E-state index in [0.717, 1.165) is 27.8 Å². The molecule has 0 saturated carbocycles. The van der Waals surface area contributed by atoms with Crippen molar-refractivity contribution >= 4 is 30.3 Å². The van der Waals surface area contributed by atoms with Crippen molar-refractivity contribution in [1.29, 1.82) is 0 Å². The quantitative estimate of drug-likeness (QED) is 0.281. The lowest BCUT2D eigenvalue weighted by Crippen LogP contribution is -2.41. The number of carbonyl (C=O) groups excluding carboxylic acids is 2. The zero-order chi connectivity index (χ0) is 29.9. The van der Waals surface area contributed by atoms with E-state index < -0.39 is 30.4 Å². The molecule has 214 valence electrons. The first-order valence-corrected chi connectivity index (χ1v) is 14.0. The van der Waals surface area contributed by atoms with Gasteiger partial charge in [0.2, 0.25) is 0 Å². The molecule has 1 aliphatic heterocycles. The number of ether oxygens (including phenoxy) is 2. The fraction of sp³-hybridized carbons (Fsp3) is 0.394. The predicted octanol–water partition coefficient (Wildman–Crippen LogP) is 6.08. The Bertz CT molecular complexity index is 1480. The summed E-state index contributed by atoms with van der Waals surface area (Å²) in [6, 6.07) is 16.5. The molecule has 3 aromatic carbocycles. The smallest absolute Gasteiger partial charge is 0.465 e. The van der Waals surface area contributed by atoms with Gasteiger partial charge in [-0.3, -0.25) is 4.90 Å². The highest BCUT2D eigenvalue weighted by Crippen LogP contribution is 2.45. The van der Waals surface area contributed by atoms with Crippen LogP contribution >= 0.6 is 0 Å². The molecule has 0 atom stereocenters. The lowest BCUT2D eigenvalue weighted by atomic mass is 9.70. The summed E-state index contributed by atoms with van der Waals surface area (Å²) in [5.74, 6) is -0.550. The summed E-state index contributed by atoms with van der Waals surface area (Å²) in [6.45, 7) is 13.7. The fourth-order valence-electron chi connectivity index (χ4n) is 6.23. The highest BCUT2D eigenvalue weighted by molar-refractivity contribution is 6.63. The number of hydrogen-bond acceptors (Lipinski definition) is 6. The molecule has 8 heteroatoms. The van der Waals surface area contributed by atoms with Crippen LogP contribution in [0.4, 0.5) is 10.5 Å². The first-order chi connectivity index (χ1) is 19.3. The molecule has 0 unspecified atom stereocenters. The topological polar surface area (TPSA) is 74.3 Å². The summed E-state index contributed by atoms with van der Waals surface area (Å²) in [5, 5.41) is 0. The largest absolute Gasteiger partial charge is 0.495 e. The predicted molar refractivity (Wildman–Crippen MR) is 161 cm³/mol. The fourth-order valence-corrected chi connectivity index (χ4v) is 6.23. The molecule has 0 radical (unpaired) electrons.